The number of thioether (sulfide) groups is 1. The fraction of sp³-hybridized carbons (Fsp3) is 0.294. The summed E-state index contributed by atoms with van der Waals surface area (Å²) < 4.78 is 43.6. The smallest absolute Gasteiger partial charge is 0.417 e. The minimum Gasteiger partial charge on any atom is -0.436 e. The molecule has 0 radical (unpaired) electrons. The maximum atomic E-state index is 12.7. The number of ether oxygens (including phenoxy) is 1. The molecular weight excluding hydrogens is 419 g/mol. The first-order valence-corrected chi connectivity index (χ1v) is 9.39. The second kappa shape index (κ2) is 6.93. The topological polar surface area (TPSA) is 81.2 Å². The Balaban J connectivity index is 1.54. The van der Waals surface area contributed by atoms with Crippen LogP contribution < -0.4 is 10.1 Å². The van der Waals surface area contributed by atoms with Crippen molar-refractivity contribution in [3.05, 3.63) is 46.4 Å². The Kier molecular flexibility index (Phi) is 4.70. The lowest BCUT2D eigenvalue weighted by Crippen LogP contribution is -2.28. The molecule has 1 N–H and O–H groups in total. The molecule has 0 aromatic carbocycles. The van der Waals surface area contributed by atoms with Gasteiger partial charge in [-0.1, -0.05) is 23.4 Å². The minimum absolute atomic E-state index is 0.165. The molecule has 2 aromatic rings. The number of halogens is 4. The predicted molar refractivity (Wildman–Crippen MR) is 94.5 cm³/mol. The van der Waals surface area contributed by atoms with Crippen LogP contribution >= 0.6 is 23.4 Å². The third-order valence-corrected chi connectivity index (χ3v) is 5.87. The normalized spacial score (nSPS) is 21.6. The van der Waals surface area contributed by atoms with Crippen LogP contribution in [-0.4, -0.2) is 26.4 Å². The molecule has 4 rings (SSSR count). The molecule has 2 aliphatic rings. The van der Waals surface area contributed by atoms with Crippen LogP contribution in [0.3, 0.4) is 0 Å². The van der Waals surface area contributed by atoms with Gasteiger partial charge in [-0.2, -0.15) is 13.2 Å². The van der Waals surface area contributed by atoms with Gasteiger partial charge < -0.3 is 4.74 Å². The van der Waals surface area contributed by atoms with Crippen LogP contribution in [0.2, 0.25) is 5.02 Å². The fourth-order valence-electron chi connectivity index (χ4n) is 3.23. The molecule has 0 saturated carbocycles. The van der Waals surface area contributed by atoms with Crippen molar-refractivity contribution < 1.29 is 27.5 Å². The quantitative estimate of drug-likeness (QED) is 0.782. The van der Waals surface area contributed by atoms with Crippen molar-refractivity contribution in [2.75, 3.05) is 0 Å². The lowest BCUT2D eigenvalue weighted by molar-refractivity contribution is -0.137. The summed E-state index contributed by atoms with van der Waals surface area (Å²) >= 11 is 6.81. The lowest BCUT2D eigenvalue weighted by atomic mass is 10.0. The Hall–Kier alpha value is -2.33. The van der Waals surface area contributed by atoms with Crippen molar-refractivity contribution >= 4 is 34.5 Å². The van der Waals surface area contributed by atoms with E-state index in [1.165, 1.54) is 6.20 Å². The third kappa shape index (κ3) is 3.53. The number of rotatable bonds is 3. The number of aryl methyl sites for hydroxylation is 1. The Morgan fingerprint density at radius 3 is 2.64 bits per heavy atom. The van der Waals surface area contributed by atoms with Crippen molar-refractivity contribution in [2.24, 2.45) is 0 Å². The number of carbonyl (C=O) groups is 2. The predicted octanol–water partition coefficient (Wildman–Crippen LogP) is 4.32. The average Bonchev–Trinajstić information content (AvgIpc) is 3.17. The highest BCUT2D eigenvalue weighted by atomic mass is 35.5. The summed E-state index contributed by atoms with van der Waals surface area (Å²) in [5.74, 6) is -0.403. The summed E-state index contributed by atoms with van der Waals surface area (Å²) in [5.41, 5.74) is 0.584. The van der Waals surface area contributed by atoms with Gasteiger partial charge in [-0.15, -0.1) is 0 Å². The number of fused-ring (bicyclic) bond motifs is 1. The van der Waals surface area contributed by atoms with Crippen molar-refractivity contribution in [3.8, 4) is 11.6 Å². The first kappa shape index (κ1) is 19.0. The zero-order chi connectivity index (χ0) is 20.1. The van der Waals surface area contributed by atoms with Crippen LogP contribution in [0.4, 0.5) is 18.0 Å². The van der Waals surface area contributed by atoms with Crippen molar-refractivity contribution in [3.63, 3.8) is 0 Å². The van der Waals surface area contributed by atoms with Gasteiger partial charge >= 0.3 is 6.18 Å². The van der Waals surface area contributed by atoms with Crippen LogP contribution in [0.25, 0.3) is 0 Å². The highest BCUT2D eigenvalue weighted by Gasteiger charge is 2.42. The van der Waals surface area contributed by atoms with Gasteiger partial charge in [0.1, 0.15) is 16.0 Å². The van der Waals surface area contributed by atoms with Crippen LogP contribution in [0.1, 0.15) is 29.2 Å². The van der Waals surface area contributed by atoms with Crippen LogP contribution in [0, 0.1) is 0 Å². The van der Waals surface area contributed by atoms with E-state index in [9.17, 15) is 22.8 Å². The molecule has 28 heavy (non-hydrogen) atoms. The van der Waals surface area contributed by atoms with E-state index in [4.69, 9.17) is 16.3 Å². The zero-order valence-corrected chi connectivity index (χ0v) is 15.5. The van der Waals surface area contributed by atoms with Crippen molar-refractivity contribution in [1.82, 2.24) is 15.3 Å². The average molecular weight is 430 g/mol. The maximum absolute atomic E-state index is 12.7. The van der Waals surface area contributed by atoms with E-state index in [-0.39, 0.29) is 33.7 Å². The summed E-state index contributed by atoms with van der Waals surface area (Å²) in [7, 11) is 0. The number of hydrogen-bond donors (Lipinski definition) is 1. The molecule has 0 spiro atoms. The third-order valence-electron chi connectivity index (χ3n) is 4.48. The second-order valence-corrected chi connectivity index (χ2v) is 7.81. The Bertz CT molecular complexity index is 986. The molecule has 1 saturated heterocycles. The molecule has 11 heteroatoms. The summed E-state index contributed by atoms with van der Waals surface area (Å²) in [4.78, 5) is 31.3. The molecule has 0 bridgehead atoms. The van der Waals surface area contributed by atoms with Crippen molar-refractivity contribution in [1.29, 1.82) is 0 Å². The highest BCUT2D eigenvalue weighted by Crippen LogP contribution is 2.42. The van der Waals surface area contributed by atoms with Gasteiger partial charge in [0.15, 0.2) is 0 Å². The molecule has 1 fully saturated rings. The van der Waals surface area contributed by atoms with Crippen LogP contribution in [0.15, 0.2) is 24.5 Å². The van der Waals surface area contributed by atoms with E-state index in [0.29, 0.717) is 24.7 Å². The van der Waals surface area contributed by atoms with Gasteiger partial charge in [-0.3, -0.25) is 19.9 Å². The monoisotopic (exact) mass is 429 g/mol. The number of pyridine rings is 2. The van der Waals surface area contributed by atoms with Crippen LogP contribution in [-0.2, 0) is 17.4 Å². The van der Waals surface area contributed by atoms with E-state index in [1.807, 2.05) is 0 Å². The number of carbonyl (C=O) groups excluding carboxylic acids is 2. The Morgan fingerprint density at radius 2 is 2.00 bits per heavy atom. The molecule has 2 aromatic heterocycles. The largest absolute Gasteiger partial charge is 0.436 e. The number of nitrogens with zero attached hydrogens (tertiary/aromatic N) is 2. The molecule has 1 unspecified atom stereocenters. The molecule has 2 amide bonds. The highest BCUT2D eigenvalue weighted by molar-refractivity contribution is 8.15. The number of hydrogen-bond acceptors (Lipinski definition) is 6. The fourth-order valence-corrected chi connectivity index (χ4v) is 4.42. The number of alkyl halides is 3. The number of amides is 2. The second-order valence-electron chi connectivity index (χ2n) is 6.29. The molecule has 1 aliphatic heterocycles. The standard InChI is InChI=1S/C17H11ClF3N3O3S/c18-11-4-8(17(19,20)21)5-23-15(11)27-9-3-7-1-2-10(12(7)22-6-9)13-14(25)24-16(26)28-13/h3-6,10,13H,1-2H2,(H,24,25,26)/t10-,13?/m1/s1. The Labute approximate surface area is 165 Å². The van der Waals surface area contributed by atoms with Crippen LogP contribution in [0.5, 0.6) is 11.6 Å². The summed E-state index contributed by atoms with van der Waals surface area (Å²) in [6, 6.07) is 2.44. The SMILES string of the molecule is O=C1NC(=O)C([C@@H]2CCc3cc(Oc4ncc(C(F)(F)F)cc4Cl)cnc32)S1. The van der Waals surface area contributed by atoms with E-state index in [0.717, 1.165) is 23.4 Å². The van der Waals surface area contributed by atoms with Gasteiger partial charge in [-0.05, 0) is 30.5 Å². The molecule has 1 aliphatic carbocycles. The minimum atomic E-state index is -4.55. The van der Waals surface area contributed by atoms with Gasteiger partial charge in [0.25, 0.3) is 5.24 Å². The van der Waals surface area contributed by atoms with Gasteiger partial charge in [0.2, 0.25) is 11.8 Å². The summed E-state index contributed by atoms with van der Waals surface area (Å²) in [6.45, 7) is 0. The molecule has 2 atom stereocenters. The first-order valence-electron chi connectivity index (χ1n) is 8.13. The number of aromatic nitrogens is 2. The van der Waals surface area contributed by atoms with E-state index in [1.54, 1.807) is 6.07 Å². The zero-order valence-electron chi connectivity index (χ0n) is 13.9. The molecule has 3 heterocycles. The lowest BCUT2D eigenvalue weighted by Gasteiger charge is -2.15. The Morgan fingerprint density at radius 1 is 1.21 bits per heavy atom. The maximum Gasteiger partial charge on any atom is 0.417 e. The molecule has 146 valence electrons. The van der Waals surface area contributed by atoms with Gasteiger partial charge in [-0.25, -0.2) is 4.98 Å². The van der Waals surface area contributed by atoms with Crippen molar-refractivity contribution in [2.45, 2.75) is 30.2 Å². The van der Waals surface area contributed by atoms with E-state index in [2.05, 4.69) is 15.3 Å². The van der Waals surface area contributed by atoms with E-state index >= 15 is 0 Å². The first-order chi connectivity index (χ1) is 13.2. The molecule has 6 nitrogen and oxygen atoms in total. The summed E-state index contributed by atoms with van der Waals surface area (Å²) in [6.07, 6.45) is -1.22. The van der Waals surface area contributed by atoms with Gasteiger partial charge in [0.05, 0.1) is 11.8 Å². The number of nitrogens with one attached hydrogen (secondary N) is 1. The molecular formula is C17H11ClF3N3O3S. The number of imide groups is 1. The summed E-state index contributed by atoms with van der Waals surface area (Å²) in [5, 5.41) is 1.11. The van der Waals surface area contributed by atoms with E-state index < -0.39 is 17.0 Å². The van der Waals surface area contributed by atoms with Gasteiger partial charge in [0, 0.05) is 17.8 Å².